The minimum Gasteiger partial charge on any atom is -0.379 e. The van der Waals surface area contributed by atoms with Gasteiger partial charge in [-0.1, -0.05) is 6.07 Å². The molecular weight excluding hydrogens is 275 g/mol. The summed E-state index contributed by atoms with van der Waals surface area (Å²) >= 11 is 1.59. The maximum atomic E-state index is 14.1. The van der Waals surface area contributed by atoms with E-state index in [1.165, 1.54) is 0 Å². The summed E-state index contributed by atoms with van der Waals surface area (Å²) in [6.07, 6.45) is 0.925. The lowest BCUT2D eigenvalue weighted by Crippen LogP contribution is -2.44. The number of ether oxygens (including phenoxy) is 1. The minimum atomic E-state index is -0.0836. The Morgan fingerprint density at radius 2 is 2.10 bits per heavy atom. The van der Waals surface area contributed by atoms with Crippen LogP contribution in [0.3, 0.4) is 0 Å². The van der Waals surface area contributed by atoms with Crippen molar-refractivity contribution in [1.82, 2.24) is 10.2 Å². The van der Waals surface area contributed by atoms with E-state index < -0.39 is 0 Å². The number of rotatable bonds is 5. The molecule has 20 heavy (non-hydrogen) atoms. The summed E-state index contributed by atoms with van der Waals surface area (Å²) in [7, 11) is 0. The maximum absolute atomic E-state index is 14.1. The largest absolute Gasteiger partial charge is 0.379 e. The molecule has 110 valence electrons. The molecule has 2 saturated heterocycles. The van der Waals surface area contributed by atoms with Crippen molar-refractivity contribution in [3.05, 3.63) is 29.6 Å². The predicted molar refractivity (Wildman–Crippen MR) is 79.9 cm³/mol. The number of halogens is 1. The molecule has 1 aromatic rings. The summed E-state index contributed by atoms with van der Waals surface area (Å²) in [5, 5.41) is 3.77. The zero-order valence-electron chi connectivity index (χ0n) is 11.6. The van der Waals surface area contributed by atoms with Crippen LogP contribution in [-0.2, 0) is 11.2 Å². The zero-order valence-corrected chi connectivity index (χ0v) is 12.4. The summed E-state index contributed by atoms with van der Waals surface area (Å²) in [6, 6.07) is 5.68. The molecule has 0 aliphatic carbocycles. The number of piperazine rings is 1. The molecule has 0 amide bonds. The molecule has 0 saturated carbocycles. The first-order chi connectivity index (χ1) is 9.81. The Hall–Kier alpha value is -0.620. The van der Waals surface area contributed by atoms with Crippen molar-refractivity contribution in [2.45, 2.75) is 16.6 Å². The highest BCUT2D eigenvalue weighted by Crippen LogP contribution is 2.30. The molecule has 2 fully saturated rings. The van der Waals surface area contributed by atoms with Gasteiger partial charge >= 0.3 is 0 Å². The van der Waals surface area contributed by atoms with Gasteiger partial charge in [-0.25, -0.2) is 4.39 Å². The fraction of sp³-hybridized carbons (Fsp3) is 0.600. The van der Waals surface area contributed by atoms with Crippen molar-refractivity contribution in [2.75, 3.05) is 45.9 Å². The van der Waals surface area contributed by atoms with Crippen molar-refractivity contribution in [3.8, 4) is 0 Å². The third-order valence-electron chi connectivity index (χ3n) is 3.82. The Balaban J connectivity index is 1.52. The minimum absolute atomic E-state index is 0.0836. The first-order valence-corrected chi connectivity index (χ1v) is 8.15. The average Bonchev–Trinajstić information content (AvgIpc) is 2.43. The topological polar surface area (TPSA) is 24.5 Å². The van der Waals surface area contributed by atoms with Gasteiger partial charge in [0.2, 0.25) is 0 Å². The number of benzene rings is 1. The molecule has 3 rings (SSSR count). The summed E-state index contributed by atoms with van der Waals surface area (Å²) < 4.78 is 19.2. The van der Waals surface area contributed by atoms with E-state index in [1.54, 1.807) is 17.8 Å². The summed E-state index contributed by atoms with van der Waals surface area (Å²) in [5.74, 6) is -0.0836. The Morgan fingerprint density at radius 1 is 1.30 bits per heavy atom. The standard InChI is InChI=1S/C15H21FN2OS/c16-14-9-12(3-6-18-7-4-17-5-8-18)1-2-15(14)20-13-10-19-11-13/h1-2,9,13,17H,3-8,10-11H2. The normalized spacial score (nSPS) is 20.9. The van der Waals surface area contributed by atoms with Crippen LogP contribution < -0.4 is 5.32 Å². The zero-order chi connectivity index (χ0) is 13.8. The smallest absolute Gasteiger partial charge is 0.137 e. The molecule has 2 aliphatic rings. The van der Waals surface area contributed by atoms with E-state index in [9.17, 15) is 4.39 Å². The predicted octanol–water partition coefficient (Wildman–Crippen LogP) is 1.76. The van der Waals surface area contributed by atoms with E-state index in [0.29, 0.717) is 5.25 Å². The number of hydrogen-bond acceptors (Lipinski definition) is 4. The molecule has 0 aromatic heterocycles. The molecule has 0 atom stereocenters. The molecular formula is C15H21FN2OS. The number of nitrogens with zero attached hydrogens (tertiary/aromatic N) is 1. The van der Waals surface area contributed by atoms with Gasteiger partial charge in [0.15, 0.2) is 0 Å². The van der Waals surface area contributed by atoms with Crippen LogP contribution in [0.15, 0.2) is 23.1 Å². The number of nitrogens with one attached hydrogen (secondary N) is 1. The first-order valence-electron chi connectivity index (χ1n) is 7.27. The Morgan fingerprint density at radius 3 is 2.75 bits per heavy atom. The fourth-order valence-electron chi connectivity index (χ4n) is 2.48. The molecule has 1 N–H and O–H groups in total. The highest BCUT2D eigenvalue weighted by Gasteiger charge is 2.21. The van der Waals surface area contributed by atoms with Gasteiger partial charge in [-0.15, -0.1) is 11.8 Å². The third-order valence-corrected chi connectivity index (χ3v) is 5.01. The van der Waals surface area contributed by atoms with Crippen LogP contribution in [0.1, 0.15) is 5.56 Å². The Kier molecular flexibility index (Phi) is 4.94. The molecule has 2 heterocycles. The van der Waals surface area contributed by atoms with Gasteiger partial charge in [0.1, 0.15) is 5.82 Å². The van der Waals surface area contributed by atoms with E-state index in [2.05, 4.69) is 16.3 Å². The fourth-order valence-corrected chi connectivity index (χ4v) is 3.48. The van der Waals surface area contributed by atoms with Gasteiger partial charge in [-0.05, 0) is 24.1 Å². The van der Waals surface area contributed by atoms with Crippen LogP contribution in [0, 0.1) is 5.82 Å². The van der Waals surface area contributed by atoms with Gasteiger partial charge in [0, 0.05) is 37.6 Å². The van der Waals surface area contributed by atoms with Gasteiger partial charge in [0.05, 0.1) is 18.5 Å². The second-order valence-corrected chi connectivity index (χ2v) is 6.73. The second kappa shape index (κ2) is 6.89. The van der Waals surface area contributed by atoms with Crippen molar-refractivity contribution in [2.24, 2.45) is 0 Å². The van der Waals surface area contributed by atoms with Crippen LogP contribution in [0.4, 0.5) is 4.39 Å². The van der Waals surface area contributed by atoms with E-state index >= 15 is 0 Å². The Labute approximate surface area is 123 Å². The number of hydrogen-bond donors (Lipinski definition) is 1. The molecule has 5 heteroatoms. The number of thioether (sulfide) groups is 1. The third kappa shape index (κ3) is 3.73. The maximum Gasteiger partial charge on any atom is 0.137 e. The molecule has 0 radical (unpaired) electrons. The van der Waals surface area contributed by atoms with Crippen molar-refractivity contribution in [1.29, 1.82) is 0 Å². The van der Waals surface area contributed by atoms with Crippen LogP contribution in [-0.4, -0.2) is 56.1 Å². The highest BCUT2D eigenvalue weighted by atomic mass is 32.2. The van der Waals surface area contributed by atoms with E-state index in [4.69, 9.17) is 4.74 Å². The first kappa shape index (κ1) is 14.3. The quantitative estimate of drug-likeness (QED) is 0.895. The SMILES string of the molecule is Fc1cc(CCN2CCNCC2)ccc1SC1COC1. The molecule has 2 aliphatic heterocycles. The lowest BCUT2D eigenvalue weighted by molar-refractivity contribution is 0.0455. The second-order valence-electron chi connectivity index (χ2n) is 5.38. The van der Waals surface area contributed by atoms with Crippen LogP contribution in [0.25, 0.3) is 0 Å². The van der Waals surface area contributed by atoms with Crippen molar-refractivity contribution < 1.29 is 9.13 Å². The Bertz CT molecular complexity index is 447. The molecule has 0 spiro atoms. The van der Waals surface area contributed by atoms with Crippen LogP contribution in [0.2, 0.25) is 0 Å². The van der Waals surface area contributed by atoms with Crippen molar-refractivity contribution >= 4 is 11.8 Å². The molecule has 1 aromatic carbocycles. The highest BCUT2D eigenvalue weighted by molar-refractivity contribution is 8.00. The van der Waals surface area contributed by atoms with Gasteiger partial charge in [-0.2, -0.15) is 0 Å². The molecule has 0 unspecified atom stereocenters. The average molecular weight is 296 g/mol. The van der Waals surface area contributed by atoms with Gasteiger partial charge in [0.25, 0.3) is 0 Å². The van der Waals surface area contributed by atoms with E-state index in [-0.39, 0.29) is 5.82 Å². The van der Waals surface area contributed by atoms with Crippen molar-refractivity contribution in [3.63, 3.8) is 0 Å². The monoisotopic (exact) mass is 296 g/mol. The van der Waals surface area contributed by atoms with Crippen LogP contribution >= 0.6 is 11.8 Å². The summed E-state index contributed by atoms with van der Waals surface area (Å²) in [5.41, 5.74) is 1.09. The van der Waals surface area contributed by atoms with Gasteiger partial charge in [-0.3, -0.25) is 0 Å². The molecule has 0 bridgehead atoms. The van der Waals surface area contributed by atoms with Gasteiger partial charge < -0.3 is 15.0 Å². The molecule has 3 nitrogen and oxygen atoms in total. The summed E-state index contributed by atoms with van der Waals surface area (Å²) in [6.45, 7) is 6.82. The van der Waals surface area contributed by atoms with E-state index in [1.807, 2.05) is 6.07 Å². The van der Waals surface area contributed by atoms with E-state index in [0.717, 1.165) is 62.8 Å². The lowest BCUT2D eigenvalue weighted by atomic mass is 10.1. The summed E-state index contributed by atoms with van der Waals surface area (Å²) in [4.78, 5) is 3.19. The van der Waals surface area contributed by atoms with Crippen LogP contribution in [0.5, 0.6) is 0 Å². The lowest BCUT2D eigenvalue weighted by Gasteiger charge is -2.27.